The molecule has 2 atom stereocenters. The van der Waals surface area contributed by atoms with E-state index in [1.54, 1.807) is 24.3 Å². The van der Waals surface area contributed by atoms with Crippen molar-refractivity contribution in [3.63, 3.8) is 0 Å². The van der Waals surface area contributed by atoms with Gasteiger partial charge in [0.05, 0.1) is 12.0 Å². The number of halogens is 1. The summed E-state index contributed by atoms with van der Waals surface area (Å²) in [6.45, 7) is 3.41. The summed E-state index contributed by atoms with van der Waals surface area (Å²) in [6, 6.07) is 11.1. The summed E-state index contributed by atoms with van der Waals surface area (Å²) in [6.07, 6.45) is 0.568. The highest BCUT2D eigenvalue weighted by Gasteiger charge is 2.38. The number of aromatic amines is 1. The minimum atomic E-state index is -0.593. The van der Waals surface area contributed by atoms with Crippen molar-refractivity contribution in [3.05, 3.63) is 75.5 Å². The van der Waals surface area contributed by atoms with E-state index >= 15 is 0 Å². The summed E-state index contributed by atoms with van der Waals surface area (Å²) < 4.78 is 18.9. The molecule has 0 spiro atoms. The predicted octanol–water partition coefficient (Wildman–Crippen LogP) is 4.47. The van der Waals surface area contributed by atoms with Gasteiger partial charge in [-0.05, 0) is 41.8 Å². The summed E-state index contributed by atoms with van der Waals surface area (Å²) in [5, 5.41) is 21.0. The first-order valence-corrected chi connectivity index (χ1v) is 9.42. The fourth-order valence-corrected chi connectivity index (χ4v) is 4.07. The first-order valence-electron chi connectivity index (χ1n) is 9.42. The maximum atomic E-state index is 13.5. The SMILES string of the molecule is CCc1[nH]c(=O)c2cccc3c2c1C(C(=N)OC(C)=N)C(c1ccc(F)cc1)N3. The van der Waals surface area contributed by atoms with Crippen LogP contribution in [0.3, 0.4) is 0 Å². The number of aromatic nitrogens is 1. The molecule has 0 bridgehead atoms. The predicted molar refractivity (Wildman–Crippen MR) is 112 cm³/mol. The highest BCUT2D eigenvalue weighted by molar-refractivity contribution is 6.03. The Labute approximate surface area is 166 Å². The normalized spacial score (nSPS) is 17.6. The van der Waals surface area contributed by atoms with Crippen molar-refractivity contribution in [2.75, 3.05) is 5.32 Å². The average Bonchev–Trinajstić information content (AvgIpc) is 2.69. The first-order chi connectivity index (χ1) is 13.9. The standard InChI is InChI=1S/C22H21FN4O2/c1-3-15-18-17-14(22(28)27-15)5-4-6-16(17)26-20(12-7-9-13(23)10-8-12)19(18)21(25)29-11(2)24/h4-10,19-20,24-26H,3H2,1-2H3,(H,27,28). The molecule has 1 aromatic heterocycles. The maximum Gasteiger partial charge on any atom is 0.256 e. The largest absolute Gasteiger partial charge is 0.429 e. The van der Waals surface area contributed by atoms with E-state index in [1.165, 1.54) is 19.1 Å². The zero-order chi connectivity index (χ0) is 20.7. The van der Waals surface area contributed by atoms with E-state index in [4.69, 9.17) is 15.6 Å². The number of H-pyrrole nitrogens is 1. The van der Waals surface area contributed by atoms with E-state index < -0.39 is 12.0 Å². The number of aryl methyl sites for hydroxylation is 1. The van der Waals surface area contributed by atoms with Crippen molar-refractivity contribution in [2.45, 2.75) is 32.2 Å². The van der Waals surface area contributed by atoms with E-state index in [0.717, 1.165) is 27.9 Å². The number of hydrogen-bond donors (Lipinski definition) is 4. The smallest absolute Gasteiger partial charge is 0.256 e. The molecule has 2 unspecified atom stereocenters. The van der Waals surface area contributed by atoms with Crippen molar-refractivity contribution < 1.29 is 9.13 Å². The number of hydrogen-bond acceptors (Lipinski definition) is 5. The molecule has 0 amide bonds. The van der Waals surface area contributed by atoms with Crippen LogP contribution in [-0.2, 0) is 11.2 Å². The Kier molecular flexibility index (Phi) is 4.66. The molecule has 4 rings (SSSR count). The molecule has 148 valence electrons. The van der Waals surface area contributed by atoms with E-state index in [9.17, 15) is 9.18 Å². The molecular weight excluding hydrogens is 371 g/mol. The summed E-state index contributed by atoms with van der Waals surface area (Å²) in [4.78, 5) is 15.6. The van der Waals surface area contributed by atoms with Gasteiger partial charge in [0.1, 0.15) is 5.82 Å². The molecule has 4 N–H and O–H groups in total. The molecule has 1 aliphatic rings. The molecule has 3 aromatic rings. The molecule has 1 aliphatic heterocycles. The lowest BCUT2D eigenvalue weighted by molar-refractivity contribution is 0.479. The Morgan fingerprint density at radius 2 is 1.90 bits per heavy atom. The molecule has 0 radical (unpaired) electrons. The zero-order valence-electron chi connectivity index (χ0n) is 16.1. The average molecular weight is 392 g/mol. The highest BCUT2D eigenvalue weighted by Crippen LogP contribution is 2.46. The molecular formula is C22H21FN4O2. The van der Waals surface area contributed by atoms with Crippen molar-refractivity contribution >= 4 is 28.3 Å². The second-order valence-corrected chi connectivity index (χ2v) is 7.10. The lowest BCUT2D eigenvalue weighted by Gasteiger charge is -2.36. The van der Waals surface area contributed by atoms with Crippen molar-refractivity contribution in [3.8, 4) is 0 Å². The lowest BCUT2D eigenvalue weighted by atomic mass is 9.79. The Bertz CT molecular complexity index is 1180. The Morgan fingerprint density at radius 1 is 1.17 bits per heavy atom. The zero-order valence-corrected chi connectivity index (χ0v) is 16.1. The Balaban J connectivity index is 2.01. The molecule has 2 aromatic carbocycles. The van der Waals surface area contributed by atoms with Gasteiger partial charge in [-0.3, -0.25) is 15.6 Å². The molecule has 29 heavy (non-hydrogen) atoms. The molecule has 0 aliphatic carbocycles. The minimum Gasteiger partial charge on any atom is -0.429 e. The van der Waals surface area contributed by atoms with Gasteiger partial charge in [0, 0.05) is 29.1 Å². The van der Waals surface area contributed by atoms with Gasteiger partial charge in [0.15, 0.2) is 11.8 Å². The molecule has 0 saturated carbocycles. The third-order valence-electron chi connectivity index (χ3n) is 5.25. The van der Waals surface area contributed by atoms with Gasteiger partial charge in [-0.1, -0.05) is 25.1 Å². The molecule has 0 saturated heterocycles. The van der Waals surface area contributed by atoms with Gasteiger partial charge in [0.25, 0.3) is 5.56 Å². The van der Waals surface area contributed by atoms with Crippen LogP contribution in [0.15, 0.2) is 47.3 Å². The molecule has 7 heteroatoms. The number of pyridine rings is 1. The van der Waals surface area contributed by atoms with Gasteiger partial charge in [0.2, 0.25) is 0 Å². The van der Waals surface area contributed by atoms with Crippen molar-refractivity contribution in [1.29, 1.82) is 10.8 Å². The summed E-state index contributed by atoms with van der Waals surface area (Å²) in [5.41, 5.74) is 2.91. The van der Waals surface area contributed by atoms with Gasteiger partial charge in [-0.25, -0.2) is 4.39 Å². The van der Waals surface area contributed by atoms with Gasteiger partial charge in [-0.15, -0.1) is 0 Å². The van der Waals surface area contributed by atoms with E-state index in [2.05, 4.69) is 10.3 Å². The van der Waals surface area contributed by atoms with Crippen LogP contribution < -0.4 is 10.9 Å². The second kappa shape index (κ2) is 7.16. The first kappa shape index (κ1) is 18.9. The van der Waals surface area contributed by atoms with E-state index in [-0.39, 0.29) is 23.2 Å². The van der Waals surface area contributed by atoms with Crippen LogP contribution in [0, 0.1) is 16.6 Å². The third kappa shape index (κ3) is 3.18. The van der Waals surface area contributed by atoms with Crippen LogP contribution in [0.5, 0.6) is 0 Å². The number of benzene rings is 2. The quantitative estimate of drug-likeness (QED) is 0.391. The van der Waals surface area contributed by atoms with E-state index in [1.807, 2.05) is 13.0 Å². The van der Waals surface area contributed by atoms with Gasteiger partial charge < -0.3 is 15.0 Å². The number of rotatable bonds is 3. The van der Waals surface area contributed by atoms with Crippen LogP contribution in [0.4, 0.5) is 10.1 Å². The van der Waals surface area contributed by atoms with Gasteiger partial charge >= 0.3 is 0 Å². The fourth-order valence-electron chi connectivity index (χ4n) is 4.07. The molecule has 6 nitrogen and oxygen atoms in total. The fraction of sp³-hybridized carbons (Fsp3) is 0.227. The van der Waals surface area contributed by atoms with Crippen molar-refractivity contribution in [2.24, 2.45) is 0 Å². The van der Waals surface area contributed by atoms with Crippen LogP contribution >= 0.6 is 0 Å². The summed E-state index contributed by atoms with van der Waals surface area (Å²) >= 11 is 0. The van der Waals surface area contributed by atoms with Crippen LogP contribution in [-0.4, -0.2) is 16.8 Å². The monoisotopic (exact) mass is 392 g/mol. The Hall–Kier alpha value is -3.48. The molecule has 2 heterocycles. The second-order valence-electron chi connectivity index (χ2n) is 7.10. The Morgan fingerprint density at radius 3 is 2.55 bits per heavy atom. The number of nitrogens with one attached hydrogen (secondary N) is 4. The highest BCUT2D eigenvalue weighted by atomic mass is 19.1. The van der Waals surface area contributed by atoms with Crippen LogP contribution in [0.2, 0.25) is 0 Å². The molecule has 0 fully saturated rings. The topological polar surface area (TPSA) is 102 Å². The lowest BCUT2D eigenvalue weighted by Crippen LogP contribution is -2.33. The summed E-state index contributed by atoms with van der Waals surface area (Å²) in [5.74, 6) is -1.13. The minimum absolute atomic E-state index is 0.0922. The van der Waals surface area contributed by atoms with Crippen LogP contribution in [0.25, 0.3) is 10.8 Å². The van der Waals surface area contributed by atoms with Crippen molar-refractivity contribution in [1.82, 2.24) is 4.98 Å². The van der Waals surface area contributed by atoms with Gasteiger partial charge in [-0.2, -0.15) is 0 Å². The number of ether oxygens (including phenoxy) is 1. The number of anilines is 1. The summed E-state index contributed by atoms with van der Waals surface area (Å²) in [7, 11) is 0. The van der Waals surface area contributed by atoms with Crippen LogP contribution in [0.1, 0.15) is 42.6 Å². The van der Waals surface area contributed by atoms with E-state index in [0.29, 0.717) is 11.8 Å². The third-order valence-corrected chi connectivity index (χ3v) is 5.25. The maximum absolute atomic E-state index is 13.5.